The molecule has 5 nitrogen and oxygen atoms in total. The largest absolute Gasteiger partial charge is 0.481 e. The number of aliphatic carboxylic acids is 1. The summed E-state index contributed by atoms with van der Waals surface area (Å²) in [4.78, 5) is 10.3. The van der Waals surface area contributed by atoms with Crippen LogP contribution in [0, 0.1) is 11.3 Å². The first kappa shape index (κ1) is 10.7. The number of carbonyl (C=O) groups is 1. The first-order valence-electron chi connectivity index (χ1n) is 3.75. The fraction of sp³-hybridized carbons (Fsp3) is 0.714. The van der Waals surface area contributed by atoms with Crippen LogP contribution in [0.1, 0.15) is 20.3 Å². The van der Waals surface area contributed by atoms with Crippen molar-refractivity contribution >= 4 is 11.9 Å². The monoisotopic (exact) mass is 173 g/mol. The van der Waals surface area contributed by atoms with Gasteiger partial charge < -0.3 is 16.2 Å². The summed E-state index contributed by atoms with van der Waals surface area (Å²) in [5.41, 5.74) is 5.09. The molecule has 0 radical (unpaired) electrons. The number of hydrogen-bond acceptors (Lipinski definition) is 2. The van der Waals surface area contributed by atoms with Gasteiger partial charge in [0.25, 0.3) is 0 Å². The number of nitrogens with two attached hydrogens (primary N) is 1. The highest BCUT2D eigenvalue weighted by molar-refractivity contribution is 5.74. The van der Waals surface area contributed by atoms with E-state index < -0.39 is 5.97 Å². The Kier molecular flexibility index (Phi) is 4.10. The van der Waals surface area contributed by atoms with Gasteiger partial charge in [0.05, 0.1) is 0 Å². The Morgan fingerprint density at radius 3 is 2.50 bits per heavy atom. The summed E-state index contributed by atoms with van der Waals surface area (Å²) < 4.78 is 0. The van der Waals surface area contributed by atoms with Crippen molar-refractivity contribution < 1.29 is 9.90 Å². The van der Waals surface area contributed by atoms with Gasteiger partial charge in [-0.1, -0.05) is 6.92 Å². The van der Waals surface area contributed by atoms with E-state index >= 15 is 0 Å². The van der Waals surface area contributed by atoms with E-state index in [1.165, 1.54) is 0 Å². The Labute approximate surface area is 71.5 Å². The molecule has 0 saturated carbocycles. The first-order chi connectivity index (χ1) is 5.43. The number of rotatable bonds is 4. The molecule has 2 atom stereocenters. The second kappa shape index (κ2) is 4.58. The van der Waals surface area contributed by atoms with Gasteiger partial charge in [-0.3, -0.25) is 10.2 Å². The molecule has 0 fully saturated rings. The van der Waals surface area contributed by atoms with Crippen LogP contribution in [-0.2, 0) is 4.79 Å². The minimum atomic E-state index is -0.834. The number of nitrogens with one attached hydrogen (secondary N) is 2. The Morgan fingerprint density at radius 1 is 1.67 bits per heavy atom. The molecular weight excluding hydrogens is 158 g/mol. The van der Waals surface area contributed by atoms with Crippen LogP contribution >= 0.6 is 0 Å². The van der Waals surface area contributed by atoms with Crippen molar-refractivity contribution in [1.29, 1.82) is 5.41 Å². The first-order valence-corrected chi connectivity index (χ1v) is 3.75. The summed E-state index contributed by atoms with van der Waals surface area (Å²) in [6.07, 6.45) is 0.0848. The van der Waals surface area contributed by atoms with Crippen LogP contribution < -0.4 is 11.1 Å². The van der Waals surface area contributed by atoms with Gasteiger partial charge in [0.15, 0.2) is 5.96 Å². The van der Waals surface area contributed by atoms with Gasteiger partial charge in [-0.15, -0.1) is 0 Å². The zero-order valence-corrected chi connectivity index (χ0v) is 7.29. The molecule has 0 aliphatic heterocycles. The van der Waals surface area contributed by atoms with Crippen molar-refractivity contribution in [3.05, 3.63) is 0 Å². The van der Waals surface area contributed by atoms with E-state index in [0.29, 0.717) is 0 Å². The van der Waals surface area contributed by atoms with Crippen LogP contribution in [0.15, 0.2) is 0 Å². The summed E-state index contributed by atoms with van der Waals surface area (Å²) >= 11 is 0. The Morgan fingerprint density at radius 2 is 2.17 bits per heavy atom. The lowest BCUT2D eigenvalue weighted by Gasteiger charge is -2.19. The Hall–Kier alpha value is -1.26. The molecule has 0 aliphatic carbocycles. The molecule has 0 rings (SSSR count). The van der Waals surface area contributed by atoms with Crippen molar-refractivity contribution in [1.82, 2.24) is 5.32 Å². The third-order valence-corrected chi connectivity index (χ3v) is 1.73. The summed E-state index contributed by atoms with van der Waals surface area (Å²) in [5, 5.41) is 18.0. The molecule has 5 heteroatoms. The standard InChI is InChI=1S/C7H15N3O2/c1-4(3-6(11)12)5(2)10-7(8)9/h4-5H,3H2,1-2H3,(H,11,12)(H4,8,9,10). The second-order valence-electron chi connectivity index (χ2n) is 2.92. The summed E-state index contributed by atoms with van der Waals surface area (Å²) in [5.74, 6) is -0.995. The summed E-state index contributed by atoms with van der Waals surface area (Å²) in [6, 6.07) is -0.0846. The van der Waals surface area contributed by atoms with Gasteiger partial charge in [-0.05, 0) is 12.8 Å². The van der Waals surface area contributed by atoms with E-state index in [2.05, 4.69) is 5.32 Å². The van der Waals surface area contributed by atoms with E-state index in [-0.39, 0.29) is 24.3 Å². The number of carboxylic acid groups (broad SMARTS) is 1. The Balaban J connectivity index is 3.83. The second-order valence-corrected chi connectivity index (χ2v) is 2.92. The molecule has 2 unspecified atom stereocenters. The zero-order valence-electron chi connectivity index (χ0n) is 7.29. The molecule has 0 aliphatic rings. The SMILES string of the molecule is CC(CC(=O)O)C(C)NC(=N)N. The number of hydrogen-bond donors (Lipinski definition) is 4. The van der Waals surface area contributed by atoms with Crippen LogP contribution in [0.3, 0.4) is 0 Å². The van der Waals surface area contributed by atoms with E-state index in [0.717, 1.165) is 0 Å². The topological polar surface area (TPSA) is 99.2 Å². The van der Waals surface area contributed by atoms with E-state index in [4.69, 9.17) is 16.2 Å². The van der Waals surface area contributed by atoms with Crippen molar-refractivity contribution in [3.63, 3.8) is 0 Å². The highest BCUT2D eigenvalue weighted by Crippen LogP contribution is 2.06. The molecule has 0 aromatic rings. The average molecular weight is 173 g/mol. The maximum atomic E-state index is 10.3. The number of carboxylic acids is 1. The van der Waals surface area contributed by atoms with Crippen molar-refractivity contribution in [3.8, 4) is 0 Å². The molecule has 0 aromatic carbocycles. The minimum absolute atomic E-state index is 0.0357. The fourth-order valence-corrected chi connectivity index (χ4v) is 0.840. The fourth-order valence-electron chi connectivity index (χ4n) is 0.840. The van der Waals surface area contributed by atoms with Crippen molar-refractivity contribution in [2.24, 2.45) is 11.7 Å². The predicted octanol–water partition coefficient (Wildman–Crippen LogP) is -0.0312. The van der Waals surface area contributed by atoms with Crippen molar-refractivity contribution in [2.75, 3.05) is 0 Å². The molecule has 0 spiro atoms. The summed E-state index contributed by atoms with van der Waals surface area (Å²) in [7, 11) is 0. The lowest BCUT2D eigenvalue weighted by Crippen LogP contribution is -2.41. The minimum Gasteiger partial charge on any atom is -0.481 e. The molecule has 0 heterocycles. The van der Waals surface area contributed by atoms with Gasteiger partial charge in [-0.25, -0.2) is 0 Å². The van der Waals surface area contributed by atoms with E-state index in [1.807, 2.05) is 0 Å². The lowest BCUT2D eigenvalue weighted by molar-refractivity contribution is -0.138. The van der Waals surface area contributed by atoms with Crippen LogP contribution in [0.4, 0.5) is 0 Å². The zero-order chi connectivity index (χ0) is 9.72. The van der Waals surface area contributed by atoms with Gasteiger partial charge in [-0.2, -0.15) is 0 Å². The lowest BCUT2D eigenvalue weighted by atomic mass is 10.0. The molecule has 0 aromatic heterocycles. The average Bonchev–Trinajstić information content (AvgIpc) is 1.84. The van der Waals surface area contributed by atoms with Crippen LogP contribution in [0.2, 0.25) is 0 Å². The smallest absolute Gasteiger partial charge is 0.303 e. The van der Waals surface area contributed by atoms with Crippen LogP contribution in [-0.4, -0.2) is 23.1 Å². The maximum absolute atomic E-state index is 10.3. The molecule has 0 saturated heterocycles. The third kappa shape index (κ3) is 4.54. The molecule has 0 bridgehead atoms. The molecule has 70 valence electrons. The summed E-state index contributed by atoms with van der Waals surface area (Å²) in [6.45, 7) is 3.60. The van der Waals surface area contributed by atoms with Gasteiger partial charge in [0, 0.05) is 12.5 Å². The van der Waals surface area contributed by atoms with E-state index in [1.54, 1.807) is 13.8 Å². The third-order valence-electron chi connectivity index (χ3n) is 1.73. The Bertz CT molecular complexity index is 161. The van der Waals surface area contributed by atoms with Gasteiger partial charge >= 0.3 is 5.97 Å². The van der Waals surface area contributed by atoms with Crippen LogP contribution in [0.5, 0.6) is 0 Å². The van der Waals surface area contributed by atoms with Gasteiger partial charge in [0.2, 0.25) is 0 Å². The molecule has 5 N–H and O–H groups in total. The molecular formula is C7H15N3O2. The quantitative estimate of drug-likeness (QED) is 0.354. The normalized spacial score (nSPS) is 14.8. The highest BCUT2D eigenvalue weighted by atomic mass is 16.4. The predicted molar refractivity (Wildman–Crippen MR) is 45.9 cm³/mol. The van der Waals surface area contributed by atoms with Crippen LogP contribution in [0.25, 0.3) is 0 Å². The highest BCUT2D eigenvalue weighted by Gasteiger charge is 2.15. The van der Waals surface area contributed by atoms with E-state index in [9.17, 15) is 4.79 Å². The number of guanidine groups is 1. The maximum Gasteiger partial charge on any atom is 0.303 e. The van der Waals surface area contributed by atoms with Gasteiger partial charge in [0.1, 0.15) is 0 Å². The molecule has 12 heavy (non-hydrogen) atoms. The molecule has 0 amide bonds. The van der Waals surface area contributed by atoms with Crippen molar-refractivity contribution in [2.45, 2.75) is 26.3 Å².